The topological polar surface area (TPSA) is 28.1 Å². The van der Waals surface area contributed by atoms with Gasteiger partial charge < -0.3 is 14.5 Å². The molecule has 0 aromatic heterocycles. The van der Waals surface area contributed by atoms with E-state index in [0.717, 1.165) is 18.8 Å². The van der Waals surface area contributed by atoms with Gasteiger partial charge in [-0.3, -0.25) is 4.99 Å². The van der Waals surface area contributed by atoms with Crippen LogP contribution in [-0.2, 0) is 6.54 Å². The summed E-state index contributed by atoms with van der Waals surface area (Å²) in [5, 5.41) is 1.23. The van der Waals surface area contributed by atoms with Crippen LogP contribution < -0.4 is 4.74 Å². The van der Waals surface area contributed by atoms with Crippen LogP contribution in [0, 0.1) is 0 Å². The average Bonchev–Trinajstić information content (AvgIpc) is 2.61. The van der Waals surface area contributed by atoms with E-state index < -0.39 is 0 Å². The van der Waals surface area contributed by atoms with Crippen molar-refractivity contribution in [1.29, 1.82) is 0 Å². The lowest BCUT2D eigenvalue weighted by Crippen LogP contribution is -2.46. The van der Waals surface area contributed by atoms with E-state index in [-0.39, 0.29) is 0 Å². The van der Waals surface area contributed by atoms with Gasteiger partial charge in [-0.1, -0.05) is 30.0 Å². The maximum Gasteiger partial charge on any atom is 0.159 e. The SMILES string of the molecule is COc1ccccc1CN(C1=NCCCS1)C1CCN(C)CC1. The molecule has 1 aromatic rings. The van der Waals surface area contributed by atoms with E-state index >= 15 is 0 Å². The fraction of sp³-hybridized carbons (Fsp3) is 0.611. The minimum Gasteiger partial charge on any atom is -0.496 e. The Hall–Kier alpha value is -1.20. The predicted octanol–water partition coefficient (Wildman–Crippen LogP) is 3.08. The highest BCUT2D eigenvalue weighted by Gasteiger charge is 2.27. The van der Waals surface area contributed by atoms with Crippen molar-refractivity contribution >= 4 is 16.9 Å². The molecule has 5 heteroatoms. The molecule has 2 aliphatic heterocycles. The molecule has 0 atom stereocenters. The lowest BCUT2D eigenvalue weighted by atomic mass is 10.0. The van der Waals surface area contributed by atoms with E-state index in [1.807, 2.05) is 17.8 Å². The molecule has 0 saturated carbocycles. The van der Waals surface area contributed by atoms with Gasteiger partial charge in [0.25, 0.3) is 0 Å². The Kier molecular flexibility index (Phi) is 5.84. The van der Waals surface area contributed by atoms with E-state index in [1.165, 1.54) is 48.8 Å². The first-order chi connectivity index (χ1) is 11.3. The molecule has 126 valence electrons. The second-order valence-corrected chi connectivity index (χ2v) is 7.40. The molecule has 1 fully saturated rings. The van der Waals surface area contributed by atoms with E-state index in [2.05, 4.69) is 35.0 Å². The van der Waals surface area contributed by atoms with Crippen LogP contribution in [0.2, 0.25) is 0 Å². The number of nitrogens with zero attached hydrogens (tertiary/aromatic N) is 3. The molecule has 3 rings (SSSR count). The van der Waals surface area contributed by atoms with Gasteiger partial charge >= 0.3 is 0 Å². The van der Waals surface area contributed by atoms with Gasteiger partial charge in [-0.15, -0.1) is 0 Å². The van der Waals surface area contributed by atoms with Gasteiger partial charge in [-0.2, -0.15) is 0 Å². The average molecular weight is 334 g/mol. The summed E-state index contributed by atoms with van der Waals surface area (Å²) in [7, 11) is 3.97. The summed E-state index contributed by atoms with van der Waals surface area (Å²) >= 11 is 1.92. The molecule has 0 aliphatic carbocycles. The zero-order chi connectivity index (χ0) is 16.1. The molecule has 0 unspecified atom stereocenters. The van der Waals surface area contributed by atoms with E-state index in [1.54, 1.807) is 7.11 Å². The number of likely N-dealkylation sites (tertiary alicyclic amines) is 1. The molecule has 1 saturated heterocycles. The minimum absolute atomic E-state index is 0.584. The van der Waals surface area contributed by atoms with Gasteiger partial charge in [-0.25, -0.2) is 0 Å². The molecule has 0 radical (unpaired) electrons. The summed E-state index contributed by atoms with van der Waals surface area (Å²) in [5.41, 5.74) is 1.25. The summed E-state index contributed by atoms with van der Waals surface area (Å²) in [6, 6.07) is 8.95. The van der Waals surface area contributed by atoms with Gasteiger partial charge in [0.15, 0.2) is 5.17 Å². The quantitative estimate of drug-likeness (QED) is 0.846. The summed E-state index contributed by atoms with van der Waals surface area (Å²) < 4.78 is 5.56. The zero-order valence-electron chi connectivity index (χ0n) is 14.2. The molecule has 0 N–H and O–H groups in total. The van der Waals surface area contributed by atoms with Crippen molar-refractivity contribution in [2.75, 3.05) is 39.5 Å². The fourth-order valence-electron chi connectivity index (χ4n) is 3.30. The Morgan fingerprint density at radius 2 is 2.09 bits per heavy atom. The van der Waals surface area contributed by atoms with Gasteiger partial charge in [-0.05, 0) is 45.5 Å². The van der Waals surface area contributed by atoms with Gasteiger partial charge in [0.1, 0.15) is 5.75 Å². The summed E-state index contributed by atoms with van der Waals surface area (Å²) in [6.45, 7) is 4.21. The number of ether oxygens (including phenoxy) is 1. The number of para-hydroxylation sites is 1. The Labute approximate surface area is 143 Å². The number of thioether (sulfide) groups is 1. The zero-order valence-corrected chi connectivity index (χ0v) is 15.0. The molecule has 4 nitrogen and oxygen atoms in total. The van der Waals surface area contributed by atoms with Gasteiger partial charge in [0.2, 0.25) is 0 Å². The molecule has 2 heterocycles. The van der Waals surface area contributed by atoms with E-state index in [9.17, 15) is 0 Å². The van der Waals surface area contributed by atoms with Crippen molar-refractivity contribution < 1.29 is 4.74 Å². The Morgan fingerprint density at radius 1 is 1.30 bits per heavy atom. The smallest absolute Gasteiger partial charge is 0.159 e. The molecule has 2 aliphatic rings. The molecule has 0 spiro atoms. The van der Waals surface area contributed by atoms with Crippen LogP contribution in [-0.4, -0.2) is 60.6 Å². The fourth-order valence-corrected chi connectivity index (χ4v) is 4.32. The number of piperidine rings is 1. The molecule has 0 bridgehead atoms. The number of methoxy groups -OCH3 is 1. The highest BCUT2D eigenvalue weighted by molar-refractivity contribution is 8.13. The summed E-state index contributed by atoms with van der Waals surface area (Å²) in [6.07, 6.45) is 3.63. The predicted molar refractivity (Wildman–Crippen MR) is 98.4 cm³/mol. The third-order valence-corrected chi connectivity index (χ3v) is 5.80. The normalized spacial score (nSPS) is 20.2. The van der Waals surface area contributed by atoms with Crippen molar-refractivity contribution in [3.8, 4) is 5.75 Å². The van der Waals surface area contributed by atoms with Crippen LogP contribution in [0.5, 0.6) is 5.75 Å². The monoisotopic (exact) mass is 333 g/mol. The summed E-state index contributed by atoms with van der Waals surface area (Å²) in [4.78, 5) is 9.79. The number of amidine groups is 1. The molecule has 1 aromatic carbocycles. The standard InChI is InChI=1S/C18H27N3OS/c1-20-11-8-16(9-12-20)21(18-19-10-5-13-23-18)14-15-6-3-4-7-17(15)22-2/h3-4,6-7,16H,5,8-14H2,1-2H3. The molecule has 0 amide bonds. The largest absolute Gasteiger partial charge is 0.496 e. The lowest BCUT2D eigenvalue weighted by molar-refractivity contribution is 0.173. The molecular weight excluding hydrogens is 306 g/mol. The number of rotatable bonds is 4. The number of benzene rings is 1. The number of hydrogen-bond acceptors (Lipinski definition) is 5. The third kappa shape index (κ3) is 4.21. The maximum atomic E-state index is 5.56. The van der Waals surface area contributed by atoms with Crippen molar-refractivity contribution in [2.24, 2.45) is 4.99 Å². The maximum absolute atomic E-state index is 5.56. The van der Waals surface area contributed by atoms with E-state index in [0.29, 0.717) is 6.04 Å². The first-order valence-corrected chi connectivity index (χ1v) is 9.51. The Balaban J connectivity index is 1.81. The second kappa shape index (κ2) is 8.06. The van der Waals surface area contributed by atoms with Crippen molar-refractivity contribution in [3.63, 3.8) is 0 Å². The Bertz CT molecular complexity index is 541. The first-order valence-electron chi connectivity index (χ1n) is 8.52. The highest BCUT2D eigenvalue weighted by Crippen LogP contribution is 2.28. The number of aliphatic imine (C=N–C) groups is 1. The van der Waals surface area contributed by atoms with Crippen LogP contribution in [0.3, 0.4) is 0 Å². The van der Waals surface area contributed by atoms with Crippen molar-refractivity contribution in [2.45, 2.75) is 31.8 Å². The van der Waals surface area contributed by atoms with Crippen molar-refractivity contribution in [1.82, 2.24) is 9.80 Å². The van der Waals surface area contributed by atoms with E-state index in [4.69, 9.17) is 9.73 Å². The van der Waals surface area contributed by atoms with Crippen LogP contribution in [0.1, 0.15) is 24.8 Å². The van der Waals surface area contributed by atoms with Gasteiger partial charge in [0.05, 0.1) is 7.11 Å². The number of hydrogen-bond donors (Lipinski definition) is 0. The third-order valence-electron chi connectivity index (χ3n) is 4.69. The van der Waals surface area contributed by atoms with Crippen LogP contribution >= 0.6 is 11.8 Å². The lowest BCUT2D eigenvalue weighted by Gasteiger charge is -2.39. The first kappa shape index (κ1) is 16.7. The van der Waals surface area contributed by atoms with Crippen LogP contribution in [0.4, 0.5) is 0 Å². The van der Waals surface area contributed by atoms with Crippen LogP contribution in [0.25, 0.3) is 0 Å². The second-order valence-electron chi connectivity index (χ2n) is 6.34. The summed E-state index contributed by atoms with van der Waals surface area (Å²) in [5.74, 6) is 2.17. The minimum atomic E-state index is 0.584. The van der Waals surface area contributed by atoms with Crippen molar-refractivity contribution in [3.05, 3.63) is 29.8 Å². The Morgan fingerprint density at radius 3 is 2.78 bits per heavy atom. The van der Waals surface area contributed by atoms with Crippen LogP contribution in [0.15, 0.2) is 29.3 Å². The molecular formula is C18H27N3OS. The molecule has 23 heavy (non-hydrogen) atoms. The highest BCUT2D eigenvalue weighted by atomic mass is 32.2. The van der Waals surface area contributed by atoms with Gasteiger partial charge in [0, 0.05) is 30.4 Å².